The van der Waals surface area contributed by atoms with Crippen LogP contribution in [0.25, 0.3) is 0 Å². The summed E-state index contributed by atoms with van der Waals surface area (Å²) in [6.07, 6.45) is -0.905. The van der Waals surface area contributed by atoms with Crippen LogP contribution in [0.3, 0.4) is 0 Å². The molecule has 0 aromatic heterocycles. The lowest BCUT2D eigenvalue weighted by Crippen LogP contribution is -2.35. The van der Waals surface area contributed by atoms with E-state index in [1.165, 1.54) is 13.8 Å². The normalized spacial score (nSPS) is 15.2. The van der Waals surface area contributed by atoms with Crippen LogP contribution in [0.4, 0.5) is 0 Å². The van der Waals surface area contributed by atoms with Gasteiger partial charge < -0.3 is 10.2 Å². The van der Waals surface area contributed by atoms with Crippen molar-refractivity contribution in [2.45, 2.75) is 25.6 Å². The Labute approximate surface area is 63.3 Å². The Morgan fingerprint density at radius 3 is 2.00 bits per heavy atom. The zero-order valence-corrected chi connectivity index (χ0v) is 7.14. The minimum absolute atomic E-state index is 0.398. The van der Waals surface area contributed by atoms with Crippen LogP contribution in [0.5, 0.6) is 0 Å². The quantitative estimate of drug-likeness (QED) is 0.690. The van der Waals surface area contributed by atoms with Crippen molar-refractivity contribution in [3.8, 4) is 0 Å². The van der Waals surface area contributed by atoms with Gasteiger partial charge in [-0.3, -0.25) is 0 Å². The highest BCUT2D eigenvalue weighted by atomic mass is 79.9. The summed E-state index contributed by atoms with van der Waals surface area (Å²) in [5.74, 6) is 0. The second-order valence-electron chi connectivity index (χ2n) is 2.50. The van der Waals surface area contributed by atoms with Gasteiger partial charge in [-0.25, -0.2) is 0 Å². The fourth-order valence-corrected chi connectivity index (χ4v) is 0.943. The average Bonchev–Trinajstić information content (AvgIpc) is 1.62. The van der Waals surface area contributed by atoms with Crippen LogP contribution < -0.4 is 0 Å². The molecule has 2 N–H and O–H groups in total. The monoisotopic (exact) mass is 194 g/mol. The highest BCUT2D eigenvalue weighted by Crippen LogP contribution is 2.18. The van der Waals surface area contributed by atoms with Crippen LogP contribution in [-0.4, -0.2) is 21.9 Å². The highest BCUT2D eigenvalue weighted by molar-refractivity contribution is 9.11. The maximum absolute atomic E-state index is 9.12. The van der Waals surface area contributed by atoms with Gasteiger partial charge >= 0.3 is 0 Å². The summed E-state index contributed by atoms with van der Waals surface area (Å²) < 4.78 is 0.398. The predicted molar refractivity (Wildman–Crippen MR) is 40.4 cm³/mol. The number of hydrogen-bond donors (Lipinski definition) is 2. The second-order valence-corrected chi connectivity index (χ2v) is 3.52. The predicted octanol–water partition coefficient (Wildman–Crippen LogP) is 1.03. The fraction of sp³-hybridized carbons (Fsp3) is 0.667. The maximum Gasteiger partial charge on any atom is 0.113 e. The third-order valence-corrected chi connectivity index (χ3v) is 1.40. The van der Waals surface area contributed by atoms with Crippen molar-refractivity contribution < 1.29 is 10.2 Å². The largest absolute Gasteiger partial charge is 0.387 e. The Morgan fingerprint density at radius 1 is 1.67 bits per heavy atom. The molecule has 3 heteroatoms. The first-order valence-electron chi connectivity index (χ1n) is 2.60. The molecule has 0 spiro atoms. The van der Waals surface area contributed by atoms with Gasteiger partial charge in [-0.2, -0.15) is 0 Å². The van der Waals surface area contributed by atoms with Gasteiger partial charge in [-0.1, -0.05) is 22.5 Å². The lowest BCUT2D eigenvalue weighted by atomic mass is 10.0. The molecule has 0 heterocycles. The molecule has 54 valence electrons. The van der Waals surface area contributed by atoms with Crippen LogP contribution in [0.1, 0.15) is 13.8 Å². The molecule has 0 fully saturated rings. The van der Waals surface area contributed by atoms with E-state index >= 15 is 0 Å². The van der Waals surface area contributed by atoms with E-state index in [1.807, 2.05) is 0 Å². The van der Waals surface area contributed by atoms with Crippen molar-refractivity contribution in [3.63, 3.8) is 0 Å². The van der Waals surface area contributed by atoms with Crippen LogP contribution >= 0.6 is 15.9 Å². The van der Waals surface area contributed by atoms with Crippen molar-refractivity contribution in [1.29, 1.82) is 0 Å². The van der Waals surface area contributed by atoms with Crippen LogP contribution in [0.15, 0.2) is 11.1 Å². The van der Waals surface area contributed by atoms with E-state index in [-0.39, 0.29) is 0 Å². The van der Waals surface area contributed by atoms with E-state index in [4.69, 9.17) is 10.2 Å². The molecule has 0 unspecified atom stereocenters. The smallest absolute Gasteiger partial charge is 0.113 e. The standard InChI is InChI=1S/C6H11BrO2/c1-4(7)5(8)6(2,3)9/h5,8-9H,1H2,2-3H3/t5-/m0/s1. The van der Waals surface area contributed by atoms with Gasteiger partial charge in [0.1, 0.15) is 6.10 Å². The minimum Gasteiger partial charge on any atom is -0.387 e. The number of rotatable bonds is 2. The summed E-state index contributed by atoms with van der Waals surface area (Å²) in [5.41, 5.74) is -1.11. The number of halogens is 1. The Balaban J connectivity index is 4.04. The van der Waals surface area contributed by atoms with Gasteiger partial charge in [-0.15, -0.1) is 0 Å². The summed E-state index contributed by atoms with van der Waals surface area (Å²) in [4.78, 5) is 0. The van der Waals surface area contributed by atoms with Crippen molar-refractivity contribution in [3.05, 3.63) is 11.1 Å². The van der Waals surface area contributed by atoms with Crippen molar-refractivity contribution in [1.82, 2.24) is 0 Å². The maximum atomic E-state index is 9.12. The molecular weight excluding hydrogens is 184 g/mol. The van der Waals surface area contributed by atoms with Crippen molar-refractivity contribution >= 4 is 15.9 Å². The highest BCUT2D eigenvalue weighted by Gasteiger charge is 2.25. The molecule has 0 saturated heterocycles. The van der Waals surface area contributed by atoms with Gasteiger partial charge in [0.05, 0.1) is 5.60 Å². The van der Waals surface area contributed by atoms with E-state index in [1.54, 1.807) is 0 Å². The molecule has 1 atom stereocenters. The zero-order valence-electron chi connectivity index (χ0n) is 5.56. The minimum atomic E-state index is -1.11. The summed E-state index contributed by atoms with van der Waals surface area (Å²) in [7, 11) is 0. The molecule has 9 heavy (non-hydrogen) atoms. The molecule has 0 saturated carbocycles. The first kappa shape index (κ1) is 9.14. The second kappa shape index (κ2) is 2.82. The van der Waals surface area contributed by atoms with E-state index in [0.29, 0.717) is 4.48 Å². The zero-order chi connectivity index (χ0) is 7.65. The average molecular weight is 195 g/mol. The molecule has 0 amide bonds. The summed E-state index contributed by atoms with van der Waals surface area (Å²) in [5, 5.41) is 18.2. The Bertz CT molecular complexity index is 115. The van der Waals surface area contributed by atoms with E-state index in [0.717, 1.165) is 0 Å². The van der Waals surface area contributed by atoms with Gasteiger partial charge in [0, 0.05) is 4.48 Å². The Hall–Kier alpha value is 0.140. The number of hydrogen-bond acceptors (Lipinski definition) is 2. The lowest BCUT2D eigenvalue weighted by molar-refractivity contribution is -0.0238. The molecule has 2 nitrogen and oxygen atoms in total. The van der Waals surface area contributed by atoms with Gasteiger partial charge in [0.25, 0.3) is 0 Å². The van der Waals surface area contributed by atoms with Gasteiger partial charge in [0.15, 0.2) is 0 Å². The number of aliphatic hydroxyl groups is 2. The van der Waals surface area contributed by atoms with Crippen LogP contribution in [0.2, 0.25) is 0 Å². The Kier molecular flexibility index (Phi) is 2.86. The van der Waals surface area contributed by atoms with Crippen molar-refractivity contribution in [2.24, 2.45) is 0 Å². The lowest BCUT2D eigenvalue weighted by Gasteiger charge is -2.23. The van der Waals surface area contributed by atoms with Gasteiger partial charge in [-0.05, 0) is 13.8 Å². The van der Waals surface area contributed by atoms with E-state index < -0.39 is 11.7 Å². The van der Waals surface area contributed by atoms with Crippen molar-refractivity contribution in [2.75, 3.05) is 0 Å². The third kappa shape index (κ3) is 2.98. The topological polar surface area (TPSA) is 40.5 Å². The van der Waals surface area contributed by atoms with E-state index in [9.17, 15) is 0 Å². The SMILES string of the molecule is C=C(Br)[C@H](O)C(C)(C)O. The van der Waals surface area contributed by atoms with Gasteiger partial charge in [0.2, 0.25) is 0 Å². The molecule has 0 aromatic rings. The molecule has 0 aliphatic heterocycles. The van der Waals surface area contributed by atoms with E-state index in [2.05, 4.69) is 22.5 Å². The molecule has 0 aromatic carbocycles. The molecule has 0 aliphatic carbocycles. The Morgan fingerprint density at radius 2 is 2.00 bits per heavy atom. The number of aliphatic hydroxyl groups excluding tert-OH is 1. The third-order valence-electron chi connectivity index (χ3n) is 0.966. The first-order valence-corrected chi connectivity index (χ1v) is 3.39. The molecule has 0 aliphatic rings. The summed E-state index contributed by atoms with van der Waals surface area (Å²) >= 11 is 2.97. The van der Waals surface area contributed by atoms with Crippen LogP contribution in [0, 0.1) is 0 Å². The van der Waals surface area contributed by atoms with Crippen LogP contribution in [-0.2, 0) is 0 Å². The summed E-state index contributed by atoms with van der Waals surface area (Å²) in [6.45, 7) is 6.46. The molecule has 0 rings (SSSR count). The first-order chi connectivity index (χ1) is 3.85. The fourth-order valence-electron chi connectivity index (χ4n) is 0.383. The molecular formula is C6H11BrO2. The molecule has 0 radical (unpaired) electrons. The molecule has 0 bridgehead atoms. The summed E-state index contributed by atoms with van der Waals surface area (Å²) in [6, 6.07) is 0.